The third-order valence-electron chi connectivity index (χ3n) is 3.85. The van der Waals surface area contributed by atoms with Crippen LogP contribution >= 0.6 is 11.8 Å². The lowest BCUT2D eigenvalue weighted by Crippen LogP contribution is -2.30. The van der Waals surface area contributed by atoms with Crippen LogP contribution in [0.2, 0.25) is 0 Å². The van der Waals surface area contributed by atoms with E-state index in [0.717, 1.165) is 11.8 Å². The van der Waals surface area contributed by atoms with Crippen LogP contribution in [0.1, 0.15) is 25.7 Å². The normalized spacial score (nSPS) is 19.4. The summed E-state index contributed by atoms with van der Waals surface area (Å²) in [6.07, 6.45) is 5.92. The molecule has 3 rings (SSSR count). The zero-order valence-corrected chi connectivity index (χ0v) is 11.9. The maximum atomic E-state index is 2.73. The minimum Gasteiger partial charge on any atom is -0.302 e. The second kappa shape index (κ2) is 6.12. The van der Waals surface area contributed by atoms with E-state index >= 15 is 0 Å². The second-order valence-electron chi connectivity index (χ2n) is 5.81. The van der Waals surface area contributed by atoms with Gasteiger partial charge in [0.2, 0.25) is 0 Å². The number of hydrogen-bond acceptors (Lipinski definition) is 2. The molecule has 1 aromatic rings. The van der Waals surface area contributed by atoms with Crippen molar-refractivity contribution in [3.63, 3.8) is 0 Å². The molecule has 2 saturated carbocycles. The van der Waals surface area contributed by atoms with E-state index in [4.69, 9.17) is 0 Å². The molecule has 0 N–H and O–H groups in total. The van der Waals surface area contributed by atoms with Gasteiger partial charge >= 0.3 is 0 Å². The van der Waals surface area contributed by atoms with Crippen LogP contribution in [0.25, 0.3) is 0 Å². The quantitative estimate of drug-likeness (QED) is 0.653. The molecule has 98 valence electrons. The predicted molar refractivity (Wildman–Crippen MR) is 79.1 cm³/mol. The van der Waals surface area contributed by atoms with E-state index in [2.05, 4.69) is 35.2 Å². The molecule has 0 heterocycles. The highest BCUT2D eigenvalue weighted by Crippen LogP contribution is 2.33. The first-order valence-electron chi connectivity index (χ1n) is 7.30. The summed E-state index contributed by atoms with van der Waals surface area (Å²) < 4.78 is 0. The summed E-state index contributed by atoms with van der Waals surface area (Å²) in [7, 11) is 0. The Morgan fingerprint density at radius 3 is 2.11 bits per heavy atom. The molecule has 0 radical (unpaired) electrons. The van der Waals surface area contributed by atoms with Crippen molar-refractivity contribution in [2.45, 2.75) is 30.6 Å². The average Bonchev–Trinajstić information content (AvgIpc) is 3.26. The Kier molecular flexibility index (Phi) is 4.27. The van der Waals surface area contributed by atoms with Crippen LogP contribution in [0.3, 0.4) is 0 Å². The van der Waals surface area contributed by atoms with Crippen molar-refractivity contribution in [3.8, 4) is 0 Å². The maximum absolute atomic E-state index is 2.73. The number of rotatable bonds is 8. The van der Waals surface area contributed by atoms with E-state index in [-0.39, 0.29) is 0 Å². The summed E-state index contributed by atoms with van der Waals surface area (Å²) in [5, 5.41) is 0. The molecule has 2 heteroatoms. The molecule has 0 amide bonds. The van der Waals surface area contributed by atoms with Gasteiger partial charge in [0.15, 0.2) is 0 Å². The van der Waals surface area contributed by atoms with Crippen molar-refractivity contribution in [2.24, 2.45) is 11.8 Å². The van der Waals surface area contributed by atoms with Crippen LogP contribution < -0.4 is 0 Å². The van der Waals surface area contributed by atoms with Gasteiger partial charge in [-0.1, -0.05) is 18.2 Å². The Morgan fingerprint density at radius 2 is 1.56 bits per heavy atom. The molecule has 0 atom stereocenters. The van der Waals surface area contributed by atoms with Crippen molar-refractivity contribution in [1.29, 1.82) is 0 Å². The van der Waals surface area contributed by atoms with Crippen LogP contribution in [0.5, 0.6) is 0 Å². The highest BCUT2D eigenvalue weighted by atomic mass is 32.2. The Morgan fingerprint density at radius 1 is 0.944 bits per heavy atom. The van der Waals surface area contributed by atoms with Gasteiger partial charge in [-0.15, -0.1) is 11.8 Å². The second-order valence-corrected chi connectivity index (χ2v) is 6.98. The Labute approximate surface area is 115 Å². The fraction of sp³-hybridized carbons (Fsp3) is 0.625. The largest absolute Gasteiger partial charge is 0.302 e. The summed E-state index contributed by atoms with van der Waals surface area (Å²) in [4.78, 5) is 4.14. The van der Waals surface area contributed by atoms with Crippen LogP contribution in [-0.2, 0) is 0 Å². The van der Waals surface area contributed by atoms with Crippen molar-refractivity contribution in [1.82, 2.24) is 4.90 Å². The fourth-order valence-corrected chi connectivity index (χ4v) is 3.33. The number of hydrogen-bond donors (Lipinski definition) is 0. The maximum Gasteiger partial charge on any atom is 0.0108 e. The molecule has 0 aromatic heterocycles. The zero-order valence-electron chi connectivity index (χ0n) is 11.1. The number of nitrogens with zero attached hydrogens (tertiary/aromatic N) is 1. The summed E-state index contributed by atoms with van der Waals surface area (Å²) in [6, 6.07) is 10.8. The smallest absolute Gasteiger partial charge is 0.0108 e. The summed E-state index contributed by atoms with van der Waals surface area (Å²) in [6.45, 7) is 4.00. The predicted octanol–water partition coefficient (Wildman–Crippen LogP) is 3.90. The molecule has 0 spiro atoms. The molecule has 2 aliphatic rings. The molecule has 0 aliphatic heterocycles. The summed E-state index contributed by atoms with van der Waals surface area (Å²) in [5.74, 6) is 3.31. The monoisotopic (exact) mass is 261 g/mol. The third kappa shape index (κ3) is 4.33. The SMILES string of the molecule is c1ccc(SCCN(CC2CC2)CC2CC2)cc1. The lowest BCUT2D eigenvalue weighted by atomic mass is 10.3. The molecule has 0 bridgehead atoms. The Hall–Kier alpha value is -0.470. The van der Waals surface area contributed by atoms with Gasteiger partial charge < -0.3 is 4.90 Å². The van der Waals surface area contributed by atoms with Gasteiger partial charge in [-0.2, -0.15) is 0 Å². The standard InChI is InChI=1S/C16H23NS/c1-2-4-16(5-3-1)18-11-10-17(12-14-6-7-14)13-15-8-9-15/h1-5,14-15H,6-13H2. The van der Waals surface area contributed by atoms with E-state index in [9.17, 15) is 0 Å². The highest BCUT2D eigenvalue weighted by Gasteiger charge is 2.28. The van der Waals surface area contributed by atoms with Gasteiger partial charge in [-0.25, -0.2) is 0 Å². The topological polar surface area (TPSA) is 3.24 Å². The van der Waals surface area contributed by atoms with Crippen molar-refractivity contribution in [3.05, 3.63) is 30.3 Å². The summed E-state index contributed by atoms with van der Waals surface area (Å²) >= 11 is 2.00. The van der Waals surface area contributed by atoms with E-state index in [1.807, 2.05) is 11.8 Å². The molecule has 18 heavy (non-hydrogen) atoms. The van der Waals surface area contributed by atoms with Gasteiger partial charge in [0, 0.05) is 30.3 Å². The van der Waals surface area contributed by atoms with Crippen LogP contribution in [0.4, 0.5) is 0 Å². The lowest BCUT2D eigenvalue weighted by molar-refractivity contribution is 0.268. The summed E-state index contributed by atoms with van der Waals surface area (Å²) in [5.41, 5.74) is 0. The molecule has 2 fully saturated rings. The lowest BCUT2D eigenvalue weighted by Gasteiger charge is -2.21. The number of benzene rings is 1. The fourth-order valence-electron chi connectivity index (χ4n) is 2.40. The van der Waals surface area contributed by atoms with Gasteiger partial charge in [-0.05, 0) is 49.7 Å². The average molecular weight is 261 g/mol. The van der Waals surface area contributed by atoms with Gasteiger partial charge in [0.25, 0.3) is 0 Å². The molecule has 1 nitrogen and oxygen atoms in total. The van der Waals surface area contributed by atoms with Crippen LogP contribution in [0.15, 0.2) is 35.2 Å². The molecular weight excluding hydrogens is 238 g/mol. The molecule has 0 saturated heterocycles. The van der Waals surface area contributed by atoms with E-state index in [1.165, 1.54) is 56.0 Å². The van der Waals surface area contributed by atoms with Gasteiger partial charge in [0.1, 0.15) is 0 Å². The van der Waals surface area contributed by atoms with Gasteiger partial charge in [0.05, 0.1) is 0 Å². The first kappa shape index (κ1) is 12.6. The number of thioether (sulfide) groups is 1. The van der Waals surface area contributed by atoms with E-state index < -0.39 is 0 Å². The minimum atomic E-state index is 1.03. The Balaban J connectivity index is 1.40. The molecule has 2 aliphatic carbocycles. The van der Waals surface area contributed by atoms with E-state index in [0.29, 0.717) is 0 Å². The first-order chi connectivity index (χ1) is 8.90. The zero-order chi connectivity index (χ0) is 12.2. The Bertz CT molecular complexity index is 343. The van der Waals surface area contributed by atoms with Gasteiger partial charge in [-0.3, -0.25) is 0 Å². The minimum absolute atomic E-state index is 1.03. The highest BCUT2D eigenvalue weighted by molar-refractivity contribution is 7.99. The van der Waals surface area contributed by atoms with Crippen molar-refractivity contribution >= 4 is 11.8 Å². The van der Waals surface area contributed by atoms with Crippen LogP contribution in [-0.4, -0.2) is 30.3 Å². The van der Waals surface area contributed by atoms with Crippen molar-refractivity contribution < 1.29 is 0 Å². The van der Waals surface area contributed by atoms with E-state index in [1.54, 1.807) is 0 Å². The molecule has 1 aromatic carbocycles. The third-order valence-corrected chi connectivity index (χ3v) is 4.84. The first-order valence-corrected chi connectivity index (χ1v) is 8.29. The molecular formula is C16H23NS. The van der Waals surface area contributed by atoms with Crippen molar-refractivity contribution in [2.75, 3.05) is 25.4 Å². The molecule has 0 unspecified atom stereocenters. The van der Waals surface area contributed by atoms with Crippen LogP contribution in [0, 0.1) is 11.8 Å².